The van der Waals surface area contributed by atoms with E-state index in [1.54, 1.807) is 10.4 Å². The fourth-order valence-electron chi connectivity index (χ4n) is 1.86. The largest absolute Gasteiger partial charge is 0.285 e. The van der Waals surface area contributed by atoms with Crippen molar-refractivity contribution in [2.45, 2.75) is 19.3 Å². The molecule has 66 valence electrons. The number of H-pyrrole nitrogens is 1. The molecular formula is C10H10N2S. The fourth-order valence-corrected chi connectivity index (χ4v) is 3.09. The number of rotatable bonds is 1. The van der Waals surface area contributed by atoms with Gasteiger partial charge in [-0.15, -0.1) is 11.3 Å². The molecule has 0 atom stereocenters. The lowest BCUT2D eigenvalue weighted by Crippen LogP contribution is -1.70. The van der Waals surface area contributed by atoms with Crippen LogP contribution in [0.3, 0.4) is 0 Å². The van der Waals surface area contributed by atoms with E-state index in [9.17, 15) is 0 Å². The Morgan fingerprint density at radius 1 is 1.38 bits per heavy atom. The molecule has 3 rings (SSSR count). The van der Waals surface area contributed by atoms with Crippen LogP contribution in [-0.4, -0.2) is 10.2 Å². The summed E-state index contributed by atoms with van der Waals surface area (Å²) in [5.74, 6) is 0. The highest BCUT2D eigenvalue weighted by Gasteiger charge is 2.15. The molecule has 0 saturated carbocycles. The molecule has 3 heteroatoms. The lowest BCUT2D eigenvalue weighted by atomic mass is 10.2. The van der Waals surface area contributed by atoms with Gasteiger partial charge in [-0.05, 0) is 30.9 Å². The van der Waals surface area contributed by atoms with E-state index >= 15 is 0 Å². The highest BCUT2D eigenvalue weighted by atomic mass is 32.1. The molecule has 0 unspecified atom stereocenters. The van der Waals surface area contributed by atoms with Crippen molar-refractivity contribution >= 4 is 11.3 Å². The van der Waals surface area contributed by atoms with Crippen LogP contribution in [0.4, 0.5) is 0 Å². The van der Waals surface area contributed by atoms with Gasteiger partial charge in [-0.1, -0.05) is 0 Å². The van der Waals surface area contributed by atoms with Crippen LogP contribution in [0.5, 0.6) is 0 Å². The third kappa shape index (κ3) is 1.11. The molecule has 1 N–H and O–H groups in total. The molecule has 1 aliphatic rings. The predicted octanol–water partition coefficient (Wildman–Crippen LogP) is 2.63. The maximum Gasteiger partial charge on any atom is 0.0573 e. The second-order valence-electron chi connectivity index (χ2n) is 3.40. The smallest absolute Gasteiger partial charge is 0.0573 e. The van der Waals surface area contributed by atoms with Crippen LogP contribution in [0.25, 0.3) is 10.4 Å². The van der Waals surface area contributed by atoms with E-state index < -0.39 is 0 Å². The van der Waals surface area contributed by atoms with Crippen molar-refractivity contribution in [3.8, 4) is 10.4 Å². The summed E-state index contributed by atoms with van der Waals surface area (Å²) in [5, 5.41) is 6.81. The van der Waals surface area contributed by atoms with E-state index in [0.717, 1.165) is 0 Å². The maximum absolute atomic E-state index is 3.96. The van der Waals surface area contributed by atoms with E-state index in [1.165, 1.54) is 29.7 Å². The minimum Gasteiger partial charge on any atom is -0.285 e. The van der Waals surface area contributed by atoms with Crippen LogP contribution < -0.4 is 0 Å². The summed E-state index contributed by atoms with van der Waals surface area (Å²) in [6.45, 7) is 0. The number of nitrogens with one attached hydrogen (secondary N) is 1. The third-order valence-corrected chi connectivity index (χ3v) is 3.82. The summed E-state index contributed by atoms with van der Waals surface area (Å²) < 4.78 is 0. The van der Waals surface area contributed by atoms with Gasteiger partial charge in [0.15, 0.2) is 0 Å². The van der Waals surface area contributed by atoms with Gasteiger partial charge < -0.3 is 0 Å². The average Bonchev–Trinajstić information content (AvgIpc) is 2.78. The molecule has 0 amide bonds. The summed E-state index contributed by atoms with van der Waals surface area (Å²) in [7, 11) is 0. The summed E-state index contributed by atoms with van der Waals surface area (Å²) in [6.07, 6.45) is 7.73. The monoisotopic (exact) mass is 190 g/mol. The molecule has 13 heavy (non-hydrogen) atoms. The van der Waals surface area contributed by atoms with E-state index in [2.05, 4.69) is 16.3 Å². The zero-order chi connectivity index (χ0) is 8.67. The van der Waals surface area contributed by atoms with Crippen LogP contribution in [0, 0.1) is 0 Å². The van der Waals surface area contributed by atoms with Crippen molar-refractivity contribution in [3.63, 3.8) is 0 Å². The number of thiophene rings is 1. The van der Waals surface area contributed by atoms with E-state index in [4.69, 9.17) is 0 Å². The number of aryl methyl sites for hydroxylation is 2. The fraction of sp³-hybridized carbons (Fsp3) is 0.300. The highest BCUT2D eigenvalue weighted by Crippen LogP contribution is 2.35. The Morgan fingerprint density at radius 2 is 2.38 bits per heavy atom. The number of nitrogens with zero attached hydrogens (tertiary/aromatic N) is 1. The number of fused-ring (bicyclic) bond motifs is 1. The summed E-state index contributed by atoms with van der Waals surface area (Å²) in [5.41, 5.74) is 2.78. The molecule has 0 fully saturated rings. The SMILES string of the molecule is c1n[nH]cc1-c1cc2c(s1)CCC2. The lowest BCUT2D eigenvalue weighted by molar-refractivity contribution is 0.915. The normalized spacial score (nSPS) is 14.8. The number of aromatic amines is 1. The van der Waals surface area contributed by atoms with E-state index in [0.29, 0.717) is 0 Å². The highest BCUT2D eigenvalue weighted by molar-refractivity contribution is 7.15. The molecule has 2 heterocycles. The molecule has 2 nitrogen and oxygen atoms in total. The van der Waals surface area contributed by atoms with Crippen LogP contribution >= 0.6 is 11.3 Å². The van der Waals surface area contributed by atoms with E-state index in [1.807, 2.05) is 23.7 Å². The molecule has 0 bridgehead atoms. The van der Waals surface area contributed by atoms with Crippen LogP contribution in [0.15, 0.2) is 18.5 Å². The minimum atomic E-state index is 1.22. The van der Waals surface area contributed by atoms with Gasteiger partial charge in [-0.3, -0.25) is 5.10 Å². The van der Waals surface area contributed by atoms with Crippen molar-refractivity contribution in [1.82, 2.24) is 10.2 Å². The van der Waals surface area contributed by atoms with Gasteiger partial charge in [-0.25, -0.2) is 0 Å². The first-order chi connectivity index (χ1) is 6.43. The number of aromatic nitrogens is 2. The van der Waals surface area contributed by atoms with Gasteiger partial charge in [0, 0.05) is 21.5 Å². The minimum absolute atomic E-state index is 1.22. The Labute approximate surface area is 80.6 Å². The molecule has 0 saturated heterocycles. The van der Waals surface area contributed by atoms with Gasteiger partial charge in [0.2, 0.25) is 0 Å². The van der Waals surface area contributed by atoms with Gasteiger partial charge >= 0.3 is 0 Å². The predicted molar refractivity (Wildman–Crippen MR) is 53.9 cm³/mol. The first kappa shape index (κ1) is 7.33. The Kier molecular flexibility index (Phi) is 1.52. The second-order valence-corrected chi connectivity index (χ2v) is 4.54. The van der Waals surface area contributed by atoms with Crippen LogP contribution in [0.2, 0.25) is 0 Å². The molecule has 2 aromatic rings. The zero-order valence-electron chi connectivity index (χ0n) is 7.21. The number of hydrogen-bond acceptors (Lipinski definition) is 2. The molecule has 0 aromatic carbocycles. The average molecular weight is 190 g/mol. The van der Waals surface area contributed by atoms with Gasteiger partial charge in [0.25, 0.3) is 0 Å². The maximum atomic E-state index is 3.96. The topological polar surface area (TPSA) is 28.7 Å². The molecule has 0 radical (unpaired) electrons. The Morgan fingerprint density at radius 3 is 3.15 bits per heavy atom. The standard InChI is InChI=1S/C10H10N2S/c1-2-7-4-10(13-9(7)3-1)8-5-11-12-6-8/h4-6H,1-3H2,(H,11,12). The van der Waals surface area contributed by atoms with E-state index in [-0.39, 0.29) is 0 Å². The van der Waals surface area contributed by atoms with Crippen LogP contribution in [0.1, 0.15) is 16.9 Å². The quantitative estimate of drug-likeness (QED) is 0.735. The molecule has 0 spiro atoms. The summed E-state index contributed by atoms with van der Waals surface area (Å²) >= 11 is 1.92. The van der Waals surface area contributed by atoms with Gasteiger partial charge in [0.05, 0.1) is 6.20 Å². The number of hydrogen-bond donors (Lipinski definition) is 1. The Balaban J connectivity index is 2.08. The van der Waals surface area contributed by atoms with Gasteiger partial charge in [-0.2, -0.15) is 5.10 Å². The molecule has 2 aromatic heterocycles. The summed E-state index contributed by atoms with van der Waals surface area (Å²) in [6, 6.07) is 2.32. The van der Waals surface area contributed by atoms with Crippen molar-refractivity contribution in [1.29, 1.82) is 0 Å². The van der Waals surface area contributed by atoms with Crippen molar-refractivity contribution in [2.75, 3.05) is 0 Å². The first-order valence-corrected chi connectivity index (χ1v) is 5.36. The molecule has 1 aliphatic carbocycles. The first-order valence-electron chi connectivity index (χ1n) is 4.54. The second kappa shape index (κ2) is 2.70. The van der Waals surface area contributed by atoms with Crippen molar-refractivity contribution in [3.05, 3.63) is 28.9 Å². The van der Waals surface area contributed by atoms with Crippen molar-refractivity contribution in [2.24, 2.45) is 0 Å². The van der Waals surface area contributed by atoms with Gasteiger partial charge in [0.1, 0.15) is 0 Å². The molecular weight excluding hydrogens is 180 g/mol. The third-order valence-electron chi connectivity index (χ3n) is 2.53. The Bertz CT molecular complexity index is 393. The lowest BCUT2D eigenvalue weighted by Gasteiger charge is -1.88. The Hall–Kier alpha value is -1.09. The van der Waals surface area contributed by atoms with Crippen LogP contribution in [-0.2, 0) is 12.8 Å². The molecule has 0 aliphatic heterocycles. The summed E-state index contributed by atoms with van der Waals surface area (Å²) in [4.78, 5) is 2.94. The van der Waals surface area contributed by atoms with Crippen molar-refractivity contribution < 1.29 is 0 Å². The zero-order valence-corrected chi connectivity index (χ0v) is 8.03.